The predicted octanol–water partition coefficient (Wildman–Crippen LogP) is 2.83. The SMILES string of the molecule is O=c1cc(/C=C/c2nc3ccc(O)cc3s2)occ1O. The number of phenolic OH excluding ortho intramolecular Hbond substituents is 1. The second-order valence-electron chi connectivity index (χ2n) is 4.07. The van der Waals surface area contributed by atoms with Crippen molar-refractivity contribution in [3.05, 3.63) is 51.5 Å². The van der Waals surface area contributed by atoms with Crippen molar-refractivity contribution in [2.75, 3.05) is 0 Å². The van der Waals surface area contributed by atoms with E-state index in [1.165, 1.54) is 17.4 Å². The van der Waals surface area contributed by atoms with Crippen LogP contribution in [-0.4, -0.2) is 15.2 Å². The van der Waals surface area contributed by atoms with Gasteiger partial charge >= 0.3 is 0 Å². The monoisotopic (exact) mass is 287 g/mol. The van der Waals surface area contributed by atoms with Crippen molar-refractivity contribution in [2.24, 2.45) is 0 Å². The van der Waals surface area contributed by atoms with Gasteiger partial charge in [-0.05, 0) is 30.4 Å². The molecule has 0 radical (unpaired) electrons. The number of benzene rings is 1. The van der Waals surface area contributed by atoms with Crippen molar-refractivity contribution in [1.82, 2.24) is 4.98 Å². The van der Waals surface area contributed by atoms with Crippen LogP contribution in [0.3, 0.4) is 0 Å². The molecule has 1 aromatic carbocycles. The van der Waals surface area contributed by atoms with Crippen LogP contribution in [0.2, 0.25) is 0 Å². The normalized spacial score (nSPS) is 11.4. The number of aromatic nitrogens is 1. The fourth-order valence-corrected chi connectivity index (χ4v) is 2.57. The van der Waals surface area contributed by atoms with Crippen LogP contribution in [0.5, 0.6) is 11.5 Å². The quantitative estimate of drug-likeness (QED) is 0.757. The minimum atomic E-state index is -0.495. The summed E-state index contributed by atoms with van der Waals surface area (Å²) in [6.45, 7) is 0. The zero-order valence-electron chi connectivity index (χ0n) is 10.1. The maximum absolute atomic E-state index is 11.2. The standard InChI is InChI=1S/C14H9NO4S/c16-8-1-3-10-13(5-8)20-14(15-10)4-2-9-6-11(17)12(18)7-19-9/h1-7,16,18H/b4-2+. The Bertz CT molecular complexity index is 863. The second kappa shape index (κ2) is 4.82. The van der Waals surface area contributed by atoms with Gasteiger partial charge in [0.15, 0.2) is 5.75 Å². The van der Waals surface area contributed by atoms with Crippen LogP contribution in [0, 0.1) is 0 Å². The summed E-state index contributed by atoms with van der Waals surface area (Å²) in [5.41, 5.74) is 0.296. The first-order valence-electron chi connectivity index (χ1n) is 5.71. The van der Waals surface area contributed by atoms with Crippen molar-refractivity contribution in [3.63, 3.8) is 0 Å². The van der Waals surface area contributed by atoms with E-state index in [0.29, 0.717) is 5.76 Å². The molecule has 3 rings (SSSR count). The first-order chi connectivity index (χ1) is 9.61. The van der Waals surface area contributed by atoms with Crippen LogP contribution in [0.4, 0.5) is 0 Å². The van der Waals surface area contributed by atoms with Crippen LogP contribution < -0.4 is 5.43 Å². The van der Waals surface area contributed by atoms with Gasteiger partial charge in [-0.15, -0.1) is 11.3 Å². The molecule has 0 spiro atoms. The highest BCUT2D eigenvalue weighted by atomic mass is 32.1. The van der Waals surface area contributed by atoms with Crippen molar-refractivity contribution in [3.8, 4) is 11.5 Å². The highest BCUT2D eigenvalue weighted by Crippen LogP contribution is 2.26. The van der Waals surface area contributed by atoms with E-state index < -0.39 is 11.2 Å². The van der Waals surface area contributed by atoms with E-state index in [1.54, 1.807) is 30.4 Å². The number of thiazole rings is 1. The summed E-state index contributed by atoms with van der Waals surface area (Å²) < 4.78 is 5.93. The largest absolute Gasteiger partial charge is 0.508 e. The highest BCUT2D eigenvalue weighted by molar-refractivity contribution is 7.19. The molecule has 20 heavy (non-hydrogen) atoms. The zero-order valence-corrected chi connectivity index (χ0v) is 10.9. The zero-order chi connectivity index (χ0) is 14.1. The topological polar surface area (TPSA) is 83.6 Å². The van der Waals surface area contributed by atoms with Gasteiger partial charge in [-0.2, -0.15) is 0 Å². The minimum Gasteiger partial charge on any atom is -0.508 e. The number of hydrogen-bond acceptors (Lipinski definition) is 6. The van der Waals surface area contributed by atoms with Gasteiger partial charge in [0.25, 0.3) is 0 Å². The Morgan fingerprint density at radius 2 is 2.05 bits per heavy atom. The fourth-order valence-electron chi connectivity index (χ4n) is 1.66. The van der Waals surface area contributed by atoms with Crippen molar-refractivity contribution in [2.45, 2.75) is 0 Å². The summed E-state index contributed by atoms with van der Waals surface area (Å²) in [6, 6.07) is 6.16. The van der Waals surface area contributed by atoms with Crippen LogP contribution >= 0.6 is 11.3 Å². The molecular weight excluding hydrogens is 278 g/mol. The van der Waals surface area contributed by atoms with E-state index in [0.717, 1.165) is 21.5 Å². The molecule has 0 unspecified atom stereocenters. The number of rotatable bonds is 2. The van der Waals surface area contributed by atoms with Gasteiger partial charge in [0.2, 0.25) is 5.43 Å². The molecule has 2 N–H and O–H groups in total. The van der Waals surface area contributed by atoms with E-state index in [2.05, 4.69) is 4.98 Å². The molecule has 0 bridgehead atoms. The Labute approximate surface area is 117 Å². The van der Waals surface area contributed by atoms with E-state index >= 15 is 0 Å². The molecule has 0 fully saturated rings. The molecule has 0 atom stereocenters. The van der Waals surface area contributed by atoms with Gasteiger partial charge in [-0.3, -0.25) is 4.79 Å². The van der Waals surface area contributed by atoms with Crippen LogP contribution in [0.25, 0.3) is 22.4 Å². The lowest BCUT2D eigenvalue weighted by Gasteiger charge is -1.92. The Balaban J connectivity index is 1.93. The molecule has 2 heterocycles. The van der Waals surface area contributed by atoms with Crippen LogP contribution in [0.1, 0.15) is 10.8 Å². The third kappa shape index (κ3) is 2.41. The molecule has 0 aliphatic carbocycles. The average molecular weight is 287 g/mol. The van der Waals surface area contributed by atoms with Crippen molar-refractivity contribution in [1.29, 1.82) is 0 Å². The third-order valence-electron chi connectivity index (χ3n) is 2.61. The lowest BCUT2D eigenvalue weighted by atomic mass is 10.3. The maximum atomic E-state index is 11.2. The Morgan fingerprint density at radius 3 is 2.85 bits per heavy atom. The van der Waals surface area contributed by atoms with E-state index in [-0.39, 0.29) is 5.75 Å². The van der Waals surface area contributed by atoms with Gasteiger partial charge in [-0.1, -0.05) is 0 Å². The molecule has 0 saturated heterocycles. The molecule has 100 valence electrons. The van der Waals surface area contributed by atoms with Crippen LogP contribution in [-0.2, 0) is 0 Å². The average Bonchev–Trinajstić information content (AvgIpc) is 2.82. The van der Waals surface area contributed by atoms with Crippen molar-refractivity contribution >= 4 is 33.7 Å². The first-order valence-corrected chi connectivity index (χ1v) is 6.53. The molecule has 0 aliphatic rings. The second-order valence-corrected chi connectivity index (χ2v) is 5.13. The fraction of sp³-hybridized carbons (Fsp3) is 0. The summed E-state index contributed by atoms with van der Waals surface area (Å²) in [4.78, 5) is 15.6. The van der Waals surface area contributed by atoms with Crippen molar-refractivity contribution < 1.29 is 14.6 Å². The van der Waals surface area contributed by atoms with Crippen LogP contribution in [0.15, 0.2) is 39.7 Å². The van der Waals surface area contributed by atoms with E-state index in [1.807, 2.05) is 0 Å². The summed E-state index contributed by atoms with van der Waals surface area (Å²) in [5, 5.41) is 19.2. The van der Waals surface area contributed by atoms with Gasteiger partial charge in [-0.25, -0.2) is 4.98 Å². The molecule has 5 nitrogen and oxygen atoms in total. The van der Waals surface area contributed by atoms with E-state index in [4.69, 9.17) is 9.52 Å². The summed E-state index contributed by atoms with van der Waals surface area (Å²) in [5.74, 6) is 0.105. The van der Waals surface area contributed by atoms with Gasteiger partial charge in [0, 0.05) is 6.07 Å². The molecule has 0 saturated carbocycles. The number of hydrogen-bond donors (Lipinski definition) is 2. The first kappa shape index (κ1) is 12.4. The maximum Gasteiger partial charge on any atom is 0.227 e. The Hall–Kier alpha value is -2.60. The number of fused-ring (bicyclic) bond motifs is 1. The van der Waals surface area contributed by atoms with Gasteiger partial charge in [0.05, 0.1) is 10.2 Å². The lowest BCUT2D eigenvalue weighted by molar-refractivity contribution is 0.427. The summed E-state index contributed by atoms with van der Waals surface area (Å²) in [6.07, 6.45) is 4.30. The lowest BCUT2D eigenvalue weighted by Crippen LogP contribution is -1.97. The Morgan fingerprint density at radius 1 is 1.20 bits per heavy atom. The highest BCUT2D eigenvalue weighted by Gasteiger charge is 2.03. The third-order valence-corrected chi connectivity index (χ3v) is 3.59. The van der Waals surface area contributed by atoms with Gasteiger partial charge in [0.1, 0.15) is 22.8 Å². The number of nitrogens with zero attached hydrogens (tertiary/aromatic N) is 1. The molecule has 3 aromatic rings. The summed E-state index contributed by atoms with van der Waals surface area (Å²) >= 11 is 1.41. The smallest absolute Gasteiger partial charge is 0.227 e. The molecule has 0 amide bonds. The van der Waals surface area contributed by atoms with Gasteiger partial charge < -0.3 is 14.6 Å². The number of aromatic hydroxyl groups is 2. The molecule has 6 heteroatoms. The predicted molar refractivity (Wildman–Crippen MR) is 76.9 cm³/mol. The molecule has 0 aliphatic heterocycles. The minimum absolute atomic E-state index is 0.196. The Kier molecular flexibility index (Phi) is 3.00. The van der Waals surface area contributed by atoms with E-state index in [9.17, 15) is 9.90 Å². The summed E-state index contributed by atoms with van der Waals surface area (Å²) in [7, 11) is 0. The number of phenols is 1. The molecular formula is C14H9NO4S. The molecule has 2 aromatic heterocycles.